The number of pyridine rings is 1. The van der Waals surface area contributed by atoms with E-state index >= 15 is 0 Å². The molecule has 12 heteroatoms. The van der Waals surface area contributed by atoms with Crippen molar-refractivity contribution >= 4 is 17.0 Å². The zero-order chi connectivity index (χ0) is 26.7. The lowest BCUT2D eigenvalue weighted by molar-refractivity contribution is -0.141. The second-order valence-corrected chi connectivity index (χ2v) is 9.06. The number of nitrogens with zero attached hydrogens (tertiary/aromatic N) is 3. The number of hydrogen-bond donors (Lipinski definition) is 1. The summed E-state index contributed by atoms with van der Waals surface area (Å²) in [6, 6.07) is 4.82. The van der Waals surface area contributed by atoms with E-state index in [-0.39, 0.29) is 40.1 Å². The number of carboxylic acids is 1. The van der Waals surface area contributed by atoms with Gasteiger partial charge in [-0.15, -0.1) is 0 Å². The van der Waals surface area contributed by atoms with E-state index in [1.807, 2.05) is 0 Å². The molecule has 1 aromatic carbocycles. The molecule has 1 N–H and O–H groups in total. The molecule has 0 atom stereocenters. The summed E-state index contributed by atoms with van der Waals surface area (Å²) in [5.74, 6) is -0.532. The summed E-state index contributed by atoms with van der Waals surface area (Å²) in [5, 5.41) is 13.3. The van der Waals surface area contributed by atoms with Gasteiger partial charge in [0, 0.05) is 29.7 Å². The van der Waals surface area contributed by atoms with Gasteiger partial charge in [-0.25, -0.2) is 4.98 Å². The summed E-state index contributed by atoms with van der Waals surface area (Å²) >= 11 is 0. The van der Waals surface area contributed by atoms with E-state index in [9.17, 15) is 36.2 Å². The van der Waals surface area contributed by atoms with Crippen molar-refractivity contribution in [3.63, 3.8) is 0 Å². The maximum Gasteiger partial charge on any atom is 0.433 e. The number of hydrogen-bond acceptors (Lipinski definition) is 4. The largest absolute Gasteiger partial charge is 0.480 e. The van der Waals surface area contributed by atoms with Crippen LogP contribution < -0.4 is 0 Å². The van der Waals surface area contributed by atoms with Gasteiger partial charge in [0.1, 0.15) is 18.0 Å². The number of halogens is 6. The van der Waals surface area contributed by atoms with Crippen LogP contribution in [0.25, 0.3) is 22.2 Å². The fraction of sp³-hybridized carbons (Fsp3) is 0.320. The molecule has 4 aromatic rings. The Labute approximate surface area is 205 Å². The van der Waals surface area contributed by atoms with Crippen LogP contribution in [0.15, 0.2) is 41.1 Å². The van der Waals surface area contributed by atoms with Crippen LogP contribution in [0.2, 0.25) is 0 Å². The van der Waals surface area contributed by atoms with E-state index in [0.717, 1.165) is 37.1 Å². The van der Waals surface area contributed by atoms with E-state index in [1.54, 1.807) is 6.92 Å². The van der Waals surface area contributed by atoms with Gasteiger partial charge in [-0.3, -0.25) is 4.79 Å². The topological polar surface area (TPSA) is 81.2 Å². The molecule has 0 amide bonds. The molecule has 0 unspecified atom stereocenters. The number of carboxylic acid groups (broad SMARTS) is 1. The number of aromatic nitrogens is 3. The molecular weight excluding hydrogens is 504 g/mol. The van der Waals surface area contributed by atoms with E-state index in [1.165, 1.54) is 16.8 Å². The van der Waals surface area contributed by atoms with Crippen LogP contribution in [0.1, 0.15) is 52.6 Å². The molecule has 0 bridgehead atoms. The van der Waals surface area contributed by atoms with Crippen molar-refractivity contribution in [1.29, 1.82) is 0 Å². The molecule has 0 spiro atoms. The summed E-state index contributed by atoms with van der Waals surface area (Å²) in [6.45, 7) is 1.10. The van der Waals surface area contributed by atoms with Crippen LogP contribution in [0.5, 0.6) is 0 Å². The van der Waals surface area contributed by atoms with Crippen molar-refractivity contribution in [2.24, 2.45) is 0 Å². The summed E-state index contributed by atoms with van der Waals surface area (Å²) in [5.41, 5.74) is -0.573. The number of aryl methyl sites for hydroxylation is 1. The molecule has 0 aliphatic heterocycles. The second kappa shape index (κ2) is 8.63. The molecule has 3 heterocycles. The second-order valence-electron chi connectivity index (χ2n) is 9.06. The Morgan fingerprint density at radius 2 is 1.81 bits per heavy atom. The molecular formula is C25H19F6N3O3. The molecule has 5 rings (SSSR count). The molecule has 0 saturated heterocycles. The van der Waals surface area contributed by atoms with E-state index in [0.29, 0.717) is 17.0 Å². The number of rotatable bonds is 6. The molecule has 1 aliphatic carbocycles. The fourth-order valence-corrected chi connectivity index (χ4v) is 4.46. The van der Waals surface area contributed by atoms with Gasteiger partial charge in [-0.2, -0.15) is 26.3 Å². The standard InChI is InChI=1S/C25H19F6N3O3/c1-12-17(23(37-33-12)13-2-3-13)9-14-8-15(24(26,27)28)4-5-16(14)18-10-34(11-21(35)36)19-6-7-20(25(29,30)31)32-22(18)19/h4-8,10,13H,2-3,9,11H2,1H3,(H,35,36). The number of alkyl halides is 6. The van der Waals surface area contributed by atoms with Gasteiger partial charge in [0.15, 0.2) is 0 Å². The molecule has 37 heavy (non-hydrogen) atoms. The van der Waals surface area contributed by atoms with Crippen molar-refractivity contribution < 1.29 is 40.8 Å². The Morgan fingerprint density at radius 1 is 1.08 bits per heavy atom. The molecule has 194 valence electrons. The highest BCUT2D eigenvalue weighted by molar-refractivity contribution is 5.95. The molecule has 1 fully saturated rings. The predicted octanol–water partition coefficient (Wildman–Crippen LogP) is 6.59. The van der Waals surface area contributed by atoms with Crippen molar-refractivity contribution in [2.75, 3.05) is 0 Å². The van der Waals surface area contributed by atoms with Crippen LogP contribution in [-0.4, -0.2) is 25.8 Å². The lowest BCUT2D eigenvalue weighted by atomic mass is 9.92. The maximum absolute atomic E-state index is 13.6. The fourth-order valence-electron chi connectivity index (χ4n) is 4.46. The SMILES string of the molecule is Cc1noc(C2CC2)c1Cc1cc(C(F)(F)F)ccc1-c1cn(CC(=O)O)c2ccc(C(F)(F)F)nc12. The first-order valence-electron chi connectivity index (χ1n) is 11.3. The van der Waals surface area contributed by atoms with Gasteiger partial charge in [-0.05, 0) is 55.2 Å². The lowest BCUT2D eigenvalue weighted by Gasteiger charge is -2.14. The molecule has 1 saturated carbocycles. The molecule has 3 aromatic heterocycles. The van der Waals surface area contributed by atoms with Crippen LogP contribution in [0.3, 0.4) is 0 Å². The quantitative estimate of drug-likeness (QED) is 0.289. The minimum atomic E-state index is -4.78. The lowest BCUT2D eigenvalue weighted by Crippen LogP contribution is -2.09. The minimum absolute atomic E-state index is 0.00894. The monoisotopic (exact) mass is 523 g/mol. The molecule has 6 nitrogen and oxygen atoms in total. The average Bonchev–Trinajstić information content (AvgIpc) is 3.50. The van der Waals surface area contributed by atoms with Gasteiger partial charge < -0.3 is 14.2 Å². The Kier molecular flexibility index (Phi) is 5.80. The van der Waals surface area contributed by atoms with Gasteiger partial charge in [0.25, 0.3) is 0 Å². The summed E-state index contributed by atoms with van der Waals surface area (Å²) in [7, 11) is 0. The highest BCUT2D eigenvalue weighted by Gasteiger charge is 2.35. The number of benzene rings is 1. The van der Waals surface area contributed by atoms with Crippen LogP contribution in [0.4, 0.5) is 26.3 Å². The van der Waals surface area contributed by atoms with Crippen LogP contribution in [-0.2, 0) is 30.1 Å². The number of aliphatic carboxylic acids is 1. The first kappa shape index (κ1) is 24.8. The maximum atomic E-state index is 13.6. The average molecular weight is 523 g/mol. The van der Waals surface area contributed by atoms with Crippen molar-refractivity contribution in [3.05, 3.63) is 70.4 Å². The Bertz CT molecular complexity index is 1510. The third kappa shape index (κ3) is 4.79. The Morgan fingerprint density at radius 3 is 2.43 bits per heavy atom. The predicted molar refractivity (Wildman–Crippen MR) is 119 cm³/mol. The first-order chi connectivity index (χ1) is 17.3. The van der Waals surface area contributed by atoms with Gasteiger partial charge >= 0.3 is 18.3 Å². The van der Waals surface area contributed by atoms with Crippen LogP contribution >= 0.6 is 0 Å². The Hall–Kier alpha value is -3.83. The summed E-state index contributed by atoms with van der Waals surface area (Å²) < 4.78 is 87.9. The normalized spacial score (nSPS) is 14.5. The van der Waals surface area contributed by atoms with Gasteiger partial charge in [-0.1, -0.05) is 11.2 Å². The van der Waals surface area contributed by atoms with Crippen molar-refractivity contribution in [1.82, 2.24) is 14.7 Å². The zero-order valence-corrected chi connectivity index (χ0v) is 19.2. The van der Waals surface area contributed by atoms with Crippen molar-refractivity contribution in [2.45, 2.75) is 51.0 Å². The highest BCUT2D eigenvalue weighted by Crippen LogP contribution is 2.44. The van der Waals surface area contributed by atoms with E-state index < -0.39 is 36.1 Å². The number of fused-ring (bicyclic) bond motifs is 1. The third-order valence-corrected chi connectivity index (χ3v) is 6.37. The molecule has 1 aliphatic rings. The summed E-state index contributed by atoms with van der Waals surface area (Å²) in [6.07, 6.45) is -6.41. The van der Waals surface area contributed by atoms with Gasteiger partial charge in [0.2, 0.25) is 0 Å². The van der Waals surface area contributed by atoms with E-state index in [4.69, 9.17) is 4.52 Å². The first-order valence-corrected chi connectivity index (χ1v) is 11.3. The highest BCUT2D eigenvalue weighted by atomic mass is 19.4. The van der Waals surface area contributed by atoms with Crippen LogP contribution in [0, 0.1) is 6.92 Å². The molecule has 0 radical (unpaired) electrons. The van der Waals surface area contributed by atoms with Gasteiger partial charge in [0.05, 0.1) is 22.3 Å². The summed E-state index contributed by atoms with van der Waals surface area (Å²) in [4.78, 5) is 15.1. The van der Waals surface area contributed by atoms with E-state index in [2.05, 4.69) is 10.1 Å². The Balaban J connectivity index is 1.73. The minimum Gasteiger partial charge on any atom is -0.480 e. The van der Waals surface area contributed by atoms with Crippen molar-refractivity contribution in [3.8, 4) is 11.1 Å². The smallest absolute Gasteiger partial charge is 0.433 e. The third-order valence-electron chi connectivity index (χ3n) is 6.37. The zero-order valence-electron chi connectivity index (χ0n) is 19.2. The number of carbonyl (C=O) groups is 1.